The Morgan fingerprint density at radius 3 is 2.34 bits per heavy atom. The fourth-order valence-corrected chi connectivity index (χ4v) is 5.49. The minimum atomic E-state index is -4.93. The first-order valence-electron chi connectivity index (χ1n) is 11.8. The molecule has 41 heavy (non-hydrogen) atoms. The van der Waals surface area contributed by atoms with Gasteiger partial charge in [0.1, 0.15) is 23.2 Å². The van der Waals surface area contributed by atoms with Gasteiger partial charge in [-0.1, -0.05) is 18.2 Å². The lowest BCUT2D eigenvalue weighted by atomic mass is 9.88. The van der Waals surface area contributed by atoms with Crippen LogP contribution in [0.1, 0.15) is 16.8 Å². The van der Waals surface area contributed by atoms with E-state index in [-0.39, 0.29) is 31.4 Å². The normalized spacial score (nSPS) is 15.5. The summed E-state index contributed by atoms with van der Waals surface area (Å²) in [4.78, 5) is 4.04. The van der Waals surface area contributed by atoms with Crippen molar-refractivity contribution in [2.75, 3.05) is 19.0 Å². The fraction of sp³-hybridized carbons (Fsp3) is 0.280. The van der Waals surface area contributed by atoms with Crippen LogP contribution in [-0.2, 0) is 33.0 Å². The van der Waals surface area contributed by atoms with E-state index >= 15 is 0 Å². The molecule has 2 aromatic heterocycles. The van der Waals surface area contributed by atoms with Crippen molar-refractivity contribution in [3.8, 4) is 22.9 Å². The largest absolute Gasteiger partial charge is 0.451 e. The van der Waals surface area contributed by atoms with E-state index in [1.54, 1.807) is 24.3 Å². The van der Waals surface area contributed by atoms with Gasteiger partial charge in [0.2, 0.25) is 15.9 Å². The van der Waals surface area contributed by atoms with Gasteiger partial charge in [-0.2, -0.15) is 36.2 Å². The van der Waals surface area contributed by atoms with Gasteiger partial charge in [-0.25, -0.2) is 18.1 Å². The lowest BCUT2D eigenvalue weighted by Gasteiger charge is -2.42. The Labute approximate surface area is 228 Å². The SMILES string of the molecule is O=S(=O)(CC(F)(F)F)NC1(c2cccc(-c3cc(Oc4ccc(C(F)(F)F)cc4)n(Cc4cocn4)n3)c2)COC1. The highest BCUT2D eigenvalue weighted by Crippen LogP contribution is 2.36. The molecule has 3 heterocycles. The molecule has 2 aromatic carbocycles. The first-order chi connectivity index (χ1) is 19.2. The van der Waals surface area contributed by atoms with Gasteiger partial charge in [0.25, 0.3) is 0 Å². The van der Waals surface area contributed by atoms with Crippen LogP contribution in [0, 0.1) is 0 Å². The van der Waals surface area contributed by atoms with Crippen LogP contribution in [0.2, 0.25) is 0 Å². The van der Waals surface area contributed by atoms with Crippen molar-refractivity contribution in [2.45, 2.75) is 24.4 Å². The molecule has 4 aromatic rings. The molecule has 0 atom stereocenters. The average Bonchev–Trinajstić information content (AvgIpc) is 3.50. The van der Waals surface area contributed by atoms with Crippen LogP contribution < -0.4 is 9.46 Å². The second-order valence-electron chi connectivity index (χ2n) is 9.26. The van der Waals surface area contributed by atoms with Gasteiger partial charge in [0.05, 0.1) is 31.0 Å². The number of sulfonamides is 1. The van der Waals surface area contributed by atoms with E-state index in [2.05, 4.69) is 14.8 Å². The minimum absolute atomic E-state index is 0.0706. The molecule has 0 saturated carbocycles. The highest BCUT2D eigenvalue weighted by molar-refractivity contribution is 7.89. The van der Waals surface area contributed by atoms with Crippen molar-refractivity contribution in [1.82, 2.24) is 19.5 Å². The molecule has 0 spiro atoms. The lowest BCUT2D eigenvalue weighted by molar-refractivity contribution is -0.137. The van der Waals surface area contributed by atoms with Gasteiger partial charge < -0.3 is 13.9 Å². The van der Waals surface area contributed by atoms with Crippen molar-refractivity contribution >= 4 is 10.0 Å². The third kappa shape index (κ3) is 6.71. The summed E-state index contributed by atoms with van der Waals surface area (Å²) in [6.07, 6.45) is -6.87. The Bertz CT molecular complexity index is 1610. The molecule has 0 unspecified atom stereocenters. The zero-order valence-corrected chi connectivity index (χ0v) is 21.6. The Kier molecular flexibility index (Phi) is 7.33. The number of ether oxygens (including phenoxy) is 2. The smallest absolute Gasteiger partial charge is 0.416 e. The van der Waals surface area contributed by atoms with E-state index in [4.69, 9.17) is 13.9 Å². The zero-order valence-electron chi connectivity index (χ0n) is 20.7. The summed E-state index contributed by atoms with van der Waals surface area (Å²) in [5.41, 5.74) is -0.661. The summed E-state index contributed by atoms with van der Waals surface area (Å²) >= 11 is 0. The van der Waals surface area contributed by atoms with Gasteiger partial charge in [-0.15, -0.1) is 0 Å². The van der Waals surface area contributed by atoms with Crippen LogP contribution in [0.25, 0.3) is 11.3 Å². The van der Waals surface area contributed by atoms with E-state index < -0.39 is 39.2 Å². The molecule has 1 aliphatic rings. The van der Waals surface area contributed by atoms with Crippen LogP contribution in [-0.4, -0.2) is 48.3 Å². The highest BCUT2D eigenvalue weighted by Gasteiger charge is 2.46. The summed E-state index contributed by atoms with van der Waals surface area (Å²) in [5, 5.41) is 4.51. The Balaban J connectivity index is 1.46. The van der Waals surface area contributed by atoms with E-state index in [0.717, 1.165) is 24.3 Å². The lowest BCUT2D eigenvalue weighted by Crippen LogP contribution is -2.60. The Hall–Kier alpha value is -3.89. The molecule has 0 amide bonds. The summed E-state index contributed by atoms with van der Waals surface area (Å²) in [6, 6.07) is 11.9. The molecule has 16 heteroatoms. The standard InChI is InChI=1S/C25H20F6N4O5S/c26-24(27,28)14-41(36,37)34-23(12-39-13-23)18-3-1-2-16(8-18)21-9-22(35(33-21)10-19-11-38-15-32-19)40-20-6-4-17(5-7-20)25(29,30)31/h1-9,11,15,34H,10,12-14H2. The van der Waals surface area contributed by atoms with Gasteiger partial charge in [-0.3, -0.25) is 0 Å². The number of oxazole rings is 1. The van der Waals surface area contributed by atoms with E-state index in [1.807, 2.05) is 0 Å². The molecule has 218 valence electrons. The van der Waals surface area contributed by atoms with Crippen molar-refractivity contribution < 1.29 is 48.7 Å². The molecule has 1 N–H and O–H groups in total. The summed E-state index contributed by atoms with van der Waals surface area (Å²) in [5.74, 6) is -1.80. The quantitative estimate of drug-likeness (QED) is 0.266. The molecule has 1 aliphatic heterocycles. The third-order valence-electron chi connectivity index (χ3n) is 6.05. The van der Waals surface area contributed by atoms with Gasteiger partial charge >= 0.3 is 12.4 Å². The number of rotatable bonds is 9. The fourth-order valence-electron chi connectivity index (χ4n) is 4.15. The average molecular weight is 603 g/mol. The number of aromatic nitrogens is 3. The first-order valence-corrected chi connectivity index (χ1v) is 13.4. The van der Waals surface area contributed by atoms with Crippen LogP contribution in [0.15, 0.2) is 71.7 Å². The number of hydrogen-bond acceptors (Lipinski definition) is 7. The van der Waals surface area contributed by atoms with Crippen LogP contribution in [0.5, 0.6) is 11.6 Å². The number of halogens is 6. The monoisotopic (exact) mass is 602 g/mol. The van der Waals surface area contributed by atoms with Gasteiger partial charge in [-0.05, 0) is 35.9 Å². The molecule has 0 bridgehead atoms. The summed E-state index contributed by atoms with van der Waals surface area (Å²) < 4.78 is 121. The molecule has 0 aliphatic carbocycles. The van der Waals surface area contributed by atoms with Crippen molar-refractivity contribution in [3.63, 3.8) is 0 Å². The van der Waals surface area contributed by atoms with Crippen LogP contribution in [0.3, 0.4) is 0 Å². The van der Waals surface area contributed by atoms with Gasteiger partial charge in [0.15, 0.2) is 12.1 Å². The van der Waals surface area contributed by atoms with Crippen molar-refractivity contribution in [3.05, 3.63) is 84.1 Å². The van der Waals surface area contributed by atoms with Gasteiger partial charge in [0, 0.05) is 11.6 Å². The van der Waals surface area contributed by atoms with Crippen LogP contribution >= 0.6 is 0 Å². The molecular weight excluding hydrogens is 582 g/mol. The van der Waals surface area contributed by atoms with E-state index in [9.17, 15) is 34.8 Å². The maximum atomic E-state index is 13.0. The van der Waals surface area contributed by atoms with Crippen LogP contribution in [0.4, 0.5) is 26.3 Å². The number of hydrogen-bond donors (Lipinski definition) is 1. The zero-order chi connectivity index (χ0) is 29.5. The maximum absolute atomic E-state index is 13.0. The number of nitrogens with zero attached hydrogens (tertiary/aromatic N) is 3. The minimum Gasteiger partial charge on any atom is -0.451 e. The molecular formula is C25H20F6N4O5S. The van der Waals surface area contributed by atoms with E-state index in [1.165, 1.54) is 23.4 Å². The molecule has 5 rings (SSSR count). The third-order valence-corrected chi connectivity index (χ3v) is 7.46. The summed E-state index contributed by atoms with van der Waals surface area (Å²) in [6.45, 7) is -0.298. The first kappa shape index (κ1) is 28.6. The maximum Gasteiger partial charge on any atom is 0.416 e. The number of nitrogens with one attached hydrogen (secondary N) is 1. The van der Waals surface area contributed by atoms with E-state index in [0.29, 0.717) is 22.5 Å². The molecule has 1 fully saturated rings. The second-order valence-corrected chi connectivity index (χ2v) is 11.0. The highest BCUT2D eigenvalue weighted by atomic mass is 32.2. The second kappa shape index (κ2) is 10.5. The predicted molar refractivity (Wildman–Crippen MR) is 130 cm³/mol. The number of alkyl halides is 6. The van der Waals surface area contributed by atoms with Crippen molar-refractivity contribution in [2.24, 2.45) is 0 Å². The summed E-state index contributed by atoms with van der Waals surface area (Å²) in [7, 11) is -4.74. The molecule has 9 nitrogen and oxygen atoms in total. The number of benzene rings is 2. The molecule has 1 saturated heterocycles. The molecule has 0 radical (unpaired) electrons. The Morgan fingerprint density at radius 2 is 1.76 bits per heavy atom. The predicted octanol–water partition coefficient (Wildman–Crippen LogP) is 5.10. The topological polar surface area (TPSA) is 108 Å². The Morgan fingerprint density at radius 1 is 1.02 bits per heavy atom. The van der Waals surface area contributed by atoms with Crippen molar-refractivity contribution in [1.29, 1.82) is 0 Å².